The molecular weight excluding hydrogens is 240 g/mol. The van der Waals surface area contributed by atoms with Crippen LogP contribution in [0, 0.1) is 0 Å². The second-order valence-electron chi connectivity index (χ2n) is 4.55. The van der Waals surface area contributed by atoms with Crippen LogP contribution in [0.1, 0.15) is 20.8 Å². The number of amides is 2. The third-order valence-corrected chi connectivity index (χ3v) is 1.81. The number of anilines is 1. The fourth-order valence-electron chi connectivity index (χ4n) is 1.19. The Hall–Kier alpha value is -2.25. The molecule has 0 spiro atoms. The minimum atomic E-state index is -1.37. The zero-order valence-corrected chi connectivity index (χ0v) is 10.7. The van der Waals surface area contributed by atoms with Crippen molar-refractivity contribution in [1.82, 2.24) is 15.2 Å². The lowest BCUT2D eigenvalue weighted by Crippen LogP contribution is -2.49. The summed E-state index contributed by atoms with van der Waals surface area (Å²) < 4.78 is 6.45. The molecule has 2 N–H and O–H groups in total. The average molecular weight is 256 g/mol. The second-order valence-corrected chi connectivity index (χ2v) is 4.55. The summed E-state index contributed by atoms with van der Waals surface area (Å²) >= 11 is 0. The summed E-state index contributed by atoms with van der Waals surface area (Å²) in [6.45, 7) is 5.06. The maximum absolute atomic E-state index is 11.9. The van der Waals surface area contributed by atoms with E-state index in [0.29, 0.717) is 0 Å². The molecule has 0 radical (unpaired) electrons. The molecule has 1 aromatic heterocycles. The Morgan fingerprint density at radius 3 is 2.50 bits per heavy atom. The Morgan fingerprint density at radius 2 is 2.11 bits per heavy atom. The lowest BCUT2D eigenvalue weighted by atomic mass is 10.2. The van der Waals surface area contributed by atoms with E-state index >= 15 is 0 Å². The van der Waals surface area contributed by atoms with Crippen LogP contribution in [0.25, 0.3) is 0 Å². The van der Waals surface area contributed by atoms with Gasteiger partial charge < -0.3 is 9.84 Å². The normalized spacial score (nSPS) is 10.9. The first-order chi connectivity index (χ1) is 8.20. The number of hydrogen-bond acceptors (Lipinski definition) is 4. The number of carbonyl (C=O) groups is 2. The van der Waals surface area contributed by atoms with Crippen molar-refractivity contribution >= 4 is 18.0 Å². The molecule has 0 unspecified atom stereocenters. The zero-order valence-electron chi connectivity index (χ0n) is 10.7. The lowest BCUT2D eigenvalue weighted by Gasteiger charge is -2.26. The van der Waals surface area contributed by atoms with Crippen LogP contribution in [0.15, 0.2) is 12.3 Å². The summed E-state index contributed by atoms with van der Waals surface area (Å²) in [5.74, 6) is 0.256. The van der Waals surface area contributed by atoms with Crippen LogP contribution >= 0.6 is 0 Å². The fraction of sp³-hybridized carbons (Fsp3) is 0.500. The fourth-order valence-corrected chi connectivity index (χ4v) is 1.19. The average Bonchev–Trinajstić information content (AvgIpc) is 2.57. The van der Waals surface area contributed by atoms with Crippen LogP contribution in [0.5, 0.6) is 0 Å². The van der Waals surface area contributed by atoms with Gasteiger partial charge in [0.15, 0.2) is 5.82 Å². The van der Waals surface area contributed by atoms with Gasteiger partial charge in [0.25, 0.3) is 0 Å². The zero-order chi connectivity index (χ0) is 13.9. The molecule has 0 bridgehead atoms. The highest BCUT2D eigenvalue weighted by molar-refractivity contribution is 5.89. The van der Waals surface area contributed by atoms with Crippen molar-refractivity contribution in [3.8, 4) is 0 Å². The number of hydrogen-bond donors (Lipinski definition) is 2. The smallest absolute Gasteiger partial charge is 0.435 e. The van der Waals surface area contributed by atoms with Crippen molar-refractivity contribution in [2.24, 2.45) is 7.05 Å². The van der Waals surface area contributed by atoms with Crippen molar-refractivity contribution in [2.75, 3.05) is 5.01 Å². The summed E-state index contributed by atoms with van der Waals surface area (Å²) in [6.07, 6.45) is -0.758. The Morgan fingerprint density at radius 1 is 1.50 bits per heavy atom. The molecule has 0 fully saturated rings. The van der Waals surface area contributed by atoms with Gasteiger partial charge in [0.2, 0.25) is 0 Å². The van der Waals surface area contributed by atoms with Gasteiger partial charge >= 0.3 is 12.2 Å². The predicted octanol–water partition coefficient (Wildman–Crippen LogP) is 1.34. The molecule has 2 amide bonds. The summed E-state index contributed by atoms with van der Waals surface area (Å²) in [5.41, 5.74) is 1.23. The molecule has 8 nitrogen and oxygen atoms in total. The molecule has 18 heavy (non-hydrogen) atoms. The summed E-state index contributed by atoms with van der Waals surface area (Å²) in [7, 11) is 1.58. The first-order valence-electron chi connectivity index (χ1n) is 5.21. The molecule has 0 saturated carbocycles. The summed E-state index contributed by atoms with van der Waals surface area (Å²) in [5, 5.41) is 13.4. The maximum Gasteiger partial charge on any atom is 0.435 e. The molecule has 0 saturated heterocycles. The highest BCUT2D eigenvalue weighted by atomic mass is 16.6. The first-order valence-corrected chi connectivity index (χ1v) is 5.21. The number of carboxylic acid groups (broad SMARTS) is 1. The number of nitrogens with zero attached hydrogens (tertiary/aromatic N) is 3. The van der Waals surface area contributed by atoms with Gasteiger partial charge in [-0.3, -0.25) is 4.68 Å². The number of carbonyl (C=O) groups excluding carboxylic acids is 1. The molecular formula is C10H16N4O4. The van der Waals surface area contributed by atoms with Crippen LogP contribution in [0.4, 0.5) is 15.4 Å². The molecule has 0 aliphatic carbocycles. The molecule has 0 aromatic carbocycles. The molecule has 1 rings (SSSR count). The molecule has 1 heterocycles. The van der Waals surface area contributed by atoms with Gasteiger partial charge in [-0.05, 0) is 20.8 Å². The van der Waals surface area contributed by atoms with E-state index in [-0.39, 0.29) is 5.82 Å². The van der Waals surface area contributed by atoms with Gasteiger partial charge in [-0.2, -0.15) is 10.1 Å². The van der Waals surface area contributed by atoms with E-state index < -0.39 is 17.8 Å². The Balaban J connectivity index is 2.96. The lowest BCUT2D eigenvalue weighted by molar-refractivity contribution is 0.0556. The standard InChI is InChI=1S/C10H16N4O4/c1-10(2,3)18-9(17)14(12-8(15)16)7-5-6-11-13(7)4/h5-6,12H,1-4H3,(H,15,16). The van der Waals surface area contributed by atoms with E-state index in [4.69, 9.17) is 9.84 Å². The first kappa shape index (κ1) is 13.8. The van der Waals surface area contributed by atoms with Crippen molar-refractivity contribution in [3.63, 3.8) is 0 Å². The van der Waals surface area contributed by atoms with E-state index in [1.807, 2.05) is 5.43 Å². The molecule has 1 aromatic rings. The van der Waals surface area contributed by atoms with E-state index in [2.05, 4.69) is 5.10 Å². The molecule has 100 valence electrons. The molecule has 0 atom stereocenters. The van der Waals surface area contributed by atoms with Crippen molar-refractivity contribution in [3.05, 3.63) is 12.3 Å². The van der Waals surface area contributed by atoms with E-state index in [1.165, 1.54) is 16.9 Å². The molecule has 0 aliphatic rings. The third kappa shape index (κ3) is 3.65. The predicted molar refractivity (Wildman–Crippen MR) is 63.1 cm³/mol. The quantitative estimate of drug-likeness (QED) is 0.739. The summed E-state index contributed by atoms with van der Waals surface area (Å²) in [6, 6.07) is 1.49. The molecule has 0 aliphatic heterocycles. The topological polar surface area (TPSA) is 96.7 Å². The minimum absolute atomic E-state index is 0.256. The van der Waals surface area contributed by atoms with Gasteiger partial charge in [0.1, 0.15) is 5.60 Å². The largest absolute Gasteiger partial charge is 0.464 e. The number of nitrogens with one attached hydrogen (secondary N) is 1. The van der Waals surface area contributed by atoms with E-state index in [0.717, 1.165) is 5.01 Å². The van der Waals surface area contributed by atoms with Crippen LogP contribution in [0.2, 0.25) is 0 Å². The second kappa shape index (κ2) is 4.94. The number of ether oxygens (including phenoxy) is 1. The van der Waals surface area contributed by atoms with Gasteiger partial charge in [-0.1, -0.05) is 0 Å². The Labute approximate surface area is 104 Å². The highest BCUT2D eigenvalue weighted by Crippen LogP contribution is 2.15. The highest BCUT2D eigenvalue weighted by Gasteiger charge is 2.26. The Kier molecular flexibility index (Phi) is 3.79. The third-order valence-electron chi connectivity index (χ3n) is 1.81. The van der Waals surface area contributed by atoms with Gasteiger partial charge in [0, 0.05) is 13.1 Å². The summed E-state index contributed by atoms with van der Waals surface area (Å²) in [4.78, 5) is 22.6. The monoisotopic (exact) mass is 256 g/mol. The maximum atomic E-state index is 11.9. The van der Waals surface area contributed by atoms with Crippen LogP contribution < -0.4 is 10.4 Å². The van der Waals surface area contributed by atoms with Gasteiger partial charge in [-0.15, -0.1) is 0 Å². The number of hydrazine groups is 1. The van der Waals surface area contributed by atoms with Gasteiger partial charge in [-0.25, -0.2) is 15.0 Å². The Bertz CT molecular complexity index is 449. The number of rotatable bonds is 1. The van der Waals surface area contributed by atoms with Crippen LogP contribution in [0.3, 0.4) is 0 Å². The van der Waals surface area contributed by atoms with E-state index in [1.54, 1.807) is 27.8 Å². The van der Waals surface area contributed by atoms with Crippen molar-refractivity contribution in [2.45, 2.75) is 26.4 Å². The van der Waals surface area contributed by atoms with Crippen molar-refractivity contribution < 1.29 is 19.4 Å². The van der Waals surface area contributed by atoms with E-state index in [9.17, 15) is 9.59 Å². The van der Waals surface area contributed by atoms with Gasteiger partial charge in [0.05, 0.1) is 6.20 Å². The van der Waals surface area contributed by atoms with Crippen molar-refractivity contribution in [1.29, 1.82) is 0 Å². The number of aryl methyl sites for hydroxylation is 1. The SMILES string of the molecule is Cn1nccc1N(NC(=O)O)C(=O)OC(C)(C)C. The molecule has 8 heteroatoms. The number of aromatic nitrogens is 2. The van der Waals surface area contributed by atoms with Crippen LogP contribution in [-0.4, -0.2) is 32.7 Å². The minimum Gasteiger partial charge on any atom is -0.464 e. The van der Waals surface area contributed by atoms with Crippen LogP contribution in [-0.2, 0) is 11.8 Å².